The molecule has 3 rings (SSSR count). The van der Waals surface area contributed by atoms with Gasteiger partial charge in [-0.25, -0.2) is 0 Å². The summed E-state index contributed by atoms with van der Waals surface area (Å²) in [6.45, 7) is 2.62. The molecule has 1 amide bonds. The van der Waals surface area contributed by atoms with Crippen LogP contribution in [0.5, 0.6) is 0 Å². The molecule has 122 valence electrons. The van der Waals surface area contributed by atoms with Gasteiger partial charge in [-0.15, -0.1) is 0 Å². The highest BCUT2D eigenvalue weighted by Gasteiger charge is 2.31. The number of anilines is 1. The summed E-state index contributed by atoms with van der Waals surface area (Å²) in [7, 11) is 0. The molecule has 1 aliphatic carbocycles. The molecule has 4 heteroatoms. The molecular formula is C19H25N3O. The van der Waals surface area contributed by atoms with Gasteiger partial charge in [0.15, 0.2) is 0 Å². The van der Waals surface area contributed by atoms with E-state index in [2.05, 4.69) is 16.3 Å². The molecule has 2 unspecified atom stereocenters. The van der Waals surface area contributed by atoms with Gasteiger partial charge in [-0.2, -0.15) is 5.26 Å². The molecule has 0 aromatic heterocycles. The number of amides is 1. The van der Waals surface area contributed by atoms with Gasteiger partial charge in [-0.3, -0.25) is 9.69 Å². The molecular weight excluding hydrogens is 286 g/mol. The summed E-state index contributed by atoms with van der Waals surface area (Å²) in [6.07, 6.45) is 7.13. The van der Waals surface area contributed by atoms with E-state index in [4.69, 9.17) is 5.26 Å². The minimum Gasteiger partial charge on any atom is -0.325 e. The fraction of sp³-hybridized carbons (Fsp3) is 0.579. The van der Waals surface area contributed by atoms with E-state index in [9.17, 15) is 4.79 Å². The number of hydrogen-bond acceptors (Lipinski definition) is 3. The van der Waals surface area contributed by atoms with Crippen LogP contribution in [0.4, 0.5) is 5.69 Å². The molecule has 1 aliphatic heterocycles. The zero-order valence-corrected chi connectivity index (χ0v) is 13.6. The molecule has 4 nitrogen and oxygen atoms in total. The number of nitrogens with zero attached hydrogens (tertiary/aromatic N) is 2. The molecule has 1 heterocycles. The number of carbonyl (C=O) groups excluding carboxylic acids is 1. The van der Waals surface area contributed by atoms with Crippen LogP contribution in [0.2, 0.25) is 0 Å². The van der Waals surface area contributed by atoms with E-state index >= 15 is 0 Å². The van der Waals surface area contributed by atoms with Crippen molar-refractivity contribution in [1.82, 2.24) is 4.90 Å². The zero-order chi connectivity index (χ0) is 16.1. The smallest absolute Gasteiger partial charge is 0.238 e. The van der Waals surface area contributed by atoms with Crippen molar-refractivity contribution in [1.29, 1.82) is 5.26 Å². The van der Waals surface area contributed by atoms with Gasteiger partial charge >= 0.3 is 0 Å². The molecule has 2 fully saturated rings. The van der Waals surface area contributed by atoms with Gasteiger partial charge in [0.1, 0.15) is 0 Å². The van der Waals surface area contributed by atoms with Crippen molar-refractivity contribution in [2.24, 2.45) is 11.8 Å². The van der Waals surface area contributed by atoms with Crippen LogP contribution in [0.25, 0.3) is 0 Å². The van der Waals surface area contributed by atoms with Crippen LogP contribution in [0.15, 0.2) is 24.3 Å². The Kier molecular flexibility index (Phi) is 5.30. The molecule has 1 aromatic rings. The van der Waals surface area contributed by atoms with Crippen LogP contribution in [0, 0.1) is 23.2 Å². The first-order valence-corrected chi connectivity index (χ1v) is 8.72. The van der Waals surface area contributed by atoms with Crippen LogP contribution in [0.3, 0.4) is 0 Å². The Hall–Kier alpha value is -1.86. The van der Waals surface area contributed by atoms with Gasteiger partial charge in [0.25, 0.3) is 0 Å². The highest BCUT2D eigenvalue weighted by Crippen LogP contribution is 2.35. The summed E-state index contributed by atoms with van der Waals surface area (Å²) in [5.74, 6) is 1.76. The van der Waals surface area contributed by atoms with Gasteiger partial charge in [-0.05, 0) is 48.9 Å². The average molecular weight is 311 g/mol. The second kappa shape index (κ2) is 7.61. The van der Waals surface area contributed by atoms with Crippen LogP contribution in [0.1, 0.15) is 37.7 Å². The van der Waals surface area contributed by atoms with Crippen molar-refractivity contribution >= 4 is 11.6 Å². The third-order valence-electron chi connectivity index (χ3n) is 5.26. The normalized spacial score (nSPS) is 24.5. The summed E-state index contributed by atoms with van der Waals surface area (Å²) in [5.41, 5.74) is 1.79. The maximum absolute atomic E-state index is 12.2. The number of fused-ring (bicyclic) bond motifs is 1. The molecule has 2 atom stereocenters. The molecule has 1 N–H and O–H groups in total. The molecule has 0 radical (unpaired) electrons. The van der Waals surface area contributed by atoms with Gasteiger partial charge in [-0.1, -0.05) is 31.4 Å². The van der Waals surface area contributed by atoms with Crippen molar-refractivity contribution in [3.8, 4) is 6.07 Å². The molecule has 1 saturated heterocycles. The zero-order valence-electron chi connectivity index (χ0n) is 13.6. The van der Waals surface area contributed by atoms with E-state index in [1.807, 2.05) is 24.3 Å². The topological polar surface area (TPSA) is 56.1 Å². The van der Waals surface area contributed by atoms with Gasteiger partial charge < -0.3 is 5.32 Å². The van der Waals surface area contributed by atoms with Crippen LogP contribution in [-0.4, -0.2) is 30.4 Å². The van der Waals surface area contributed by atoms with Gasteiger partial charge in [0.2, 0.25) is 5.91 Å². The third-order valence-corrected chi connectivity index (χ3v) is 5.26. The summed E-state index contributed by atoms with van der Waals surface area (Å²) in [6, 6.07) is 9.66. The number of rotatable bonds is 4. The monoisotopic (exact) mass is 311 g/mol. The number of benzene rings is 1. The van der Waals surface area contributed by atoms with Crippen LogP contribution in [-0.2, 0) is 11.2 Å². The van der Waals surface area contributed by atoms with E-state index in [1.54, 1.807) is 0 Å². The first-order chi connectivity index (χ1) is 11.2. The van der Waals surface area contributed by atoms with Crippen molar-refractivity contribution < 1.29 is 4.79 Å². The number of likely N-dealkylation sites (tertiary alicyclic amines) is 1. The van der Waals surface area contributed by atoms with E-state index in [0.29, 0.717) is 13.0 Å². The van der Waals surface area contributed by atoms with E-state index in [0.717, 1.165) is 36.2 Å². The molecule has 23 heavy (non-hydrogen) atoms. The van der Waals surface area contributed by atoms with Crippen molar-refractivity contribution in [3.05, 3.63) is 29.8 Å². The van der Waals surface area contributed by atoms with Crippen LogP contribution >= 0.6 is 0 Å². The van der Waals surface area contributed by atoms with E-state index < -0.39 is 0 Å². The lowest BCUT2D eigenvalue weighted by atomic mass is 9.75. The molecule has 1 saturated carbocycles. The second-order valence-corrected chi connectivity index (χ2v) is 6.91. The van der Waals surface area contributed by atoms with Crippen molar-refractivity contribution in [2.45, 2.75) is 38.5 Å². The number of carbonyl (C=O) groups is 1. The van der Waals surface area contributed by atoms with Crippen molar-refractivity contribution in [2.75, 3.05) is 25.0 Å². The highest BCUT2D eigenvalue weighted by atomic mass is 16.2. The fourth-order valence-electron chi connectivity index (χ4n) is 4.02. The lowest BCUT2D eigenvalue weighted by molar-refractivity contribution is -0.118. The number of hydrogen-bond donors (Lipinski definition) is 1. The Bertz CT molecular complexity index is 575. The van der Waals surface area contributed by atoms with Crippen LogP contribution < -0.4 is 5.32 Å². The molecule has 1 aromatic carbocycles. The second-order valence-electron chi connectivity index (χ2n) is 6.91. The fourth-order valence-corrected chi connectivity index (χ4v) is 4.02. The first-order valence-electron chi connectivity index (χ1n) is 8.72. The Labute approximate surface area is 138 Å². The molecule has 0 spiro atoms. The third kappa shape index (κ3) is 4.33. The van der Waals surface area contributed by atoms with Crippen molar-refractivity contribution in [3.63, 3.8) is 0 Å². The maximum Gasteiger partial charge on any atom is 0.238 e. The number of nitriles is 1. The Morgan fingerprint density at radius 3 is 2.65 bits per heavy atom. The summed E-state index contributed by atoms with van der Waals surface area (Å²) in [4.78, 5) is 14.6. The minimum atomic E-state index is 0.0623. The maximum atomic E-state index is 12.2. The average Bonchev–Trinajstić information content (AvgIpc) is 2.57. The van der Waals surface area contributed by atoms with Gasteiger partial charge in [0.05, 0.1) is 19.0 Å². The predicted octanol–water partition coefficient (Wildman–Crippen LogP) is 3.20. The summed E-state index contributed by atoms with van der Waals surface area (Å²) < 4.78 is 0. The standard InChI is InChI=1S/C19H25N3O/c20-11-9-15-5-7-18(8-6-15)21-19(23)14-22-12-10-16-3-1-2-4-17(16)13-22/h5-8,16-17H,1-4,9-10,12-14H2,(H,21,23). The Balaban J connectivity index is 1.48. The lowest BCUT2D eigenvalue weighted by Gasteiger charge is -2.41. The SMILES string of the molecule is N#CCc1ccc(NC(=O)CN2CCC3CCCCC3C2)cc1. The highest BCUT2D eigenvalue weighted by molar-refractivity contribution is 5.92. The largest absolute Gasteiger partial charge is 0.325 e. The number of piperidine rings is 1. The summed E-state index contributed by atoms with van der Waals surface area (Å²) in [5, 5.41) is 11.6. The molecule has 0 bridgehead atoms. The first kappa shape index (κ1) is 16.0. The number of nitrogens with one attached hydrogen (secondary N) is 1. The predicted molar refractivity (Wildman–Crippen MR) is 90.9 cm³/mol. The van der Waals surface area contributed by atoms with E-state index in [-0.39, 0.29) is 5.91 Å². The van der Waals surface area contributed by atoms with E-state index in [1.165, 1.54) is 32.1 Å². The Morgan fingerprint density at radius 2 is 1.91 bits per heavy atom. The lowest BCUT2D eigenvalue weighted by Crippen LogP contribution is -2.44. The quantitative estimate of drug-likeness (QED) is 0.929. The van der Waals surface area contributed by atoms with Gasteiger partial charge in [0, 0.05) is 12.2 Å². The Morgan fingerprint density at radius 1 is 1.17 bits per heavy atom. The minimum absolute atomic E-state index is 0.0623. The molecule has 2 aliphatic rings. The summed E-state index contributed by atoms with van der Waals surface area (Å²) >= 11 is 0.